The summed E-state index contributed by atoms with van der Waals surface area (Å²) < 4.78 is 38.7. The van der Waals surface area contributed by atoms with Crippen molar-refractivity contribution in [2.75, 3.05) is 6.54 Å². The highest BCUT2D eigenvalue weighted by atomic mass is 32.1. The van der Waals surface area contributed by atoms with Gasteiger partial charge < -0.3 is 5.11 Å². The Labute approximate surface area is 176 Å². The van der Waals surface area contributed by atoms with Gasteiger partial charge in [0.05, 0.1) is 5.52 Å². The number of carbonyl (C=O) groups excluding carboxylic acids is 1. The number of halogens is 3. The lowest BCUT2D eigenvalue weighted by Crippen LogP contribution is -2.41. The molecule has 0 spiro atoms. The Morgan fingerprint density at radius 1 is 1.23 bits per heavy atom. The van der Waals surface area contributed by atoms with Gasteiger partial charge in [-0.2, -0.15) is 13.2 Å². The molecule has 0 saturated carbocycles. The molecule has 1 fully saturated rings. The van der Waals surface area contributed by atoms with Gasteiger partial charge in [-0.1, -0.05) is 12.1 Å². The summed E-state index contributed by atoms with van der Waals surface area (Å²) in [5.41, 5.74) is -0.542. The topological polar surface area (TPSA) is 102 Å². The van der Waals surface area contributed by atoms with Crippen LogP contribution in [0.4, 0.5) is 18.0 Å². The van der Waals surface area contributed by atoms with E-state index in [9.17, 15) is 27.9 Å². The molecule has 1 saturated heterocycles. The zero-order chi connectivity index (χ0) is 22.2. The molecule has 8 nitrogen and oxygen atoms in total. The van der Waals surface area contributed by atoms with Crippen LogP contribution in [0.25, 0.3) is 21.6 Å². The van der Waals surface area contributed by atoms with Crippen molar-refractivity contribution in [2.45, 2.75) is 25.1 Å². The summed E-state index contributed by atoms with van der Waals surface area (Å²) in [6.07, 6.45) is -4.74. The van der Waals surface area contributed by atoms with E-state index >= 15 is 0 Å². The lowest BCUT2D eigenvalue weighted by Gasteiger charge is -2.19. The largest absolute Gasteiger partial charge is 0.480 e. The number of carbonyl (C=O) groups is 2. The van der Waals surface area contributed by atoms with Crippen molar-refractivity contribution in [2.24, 2.45) is 0 Å². The zero-order valence-corrected chi connectivity index (χ0v) is 16.4. The molecule has 4 rings (SSSR count). The first-order chi connectivity index (χ1) is 14.7. The minimum atomic E-state index is -4.59. The van der Waals surface area contributed by atoms with E-state index in [1.165, 1.54) is 6.07 Å². The van der Waals surface area contributed by atoms with Crippen molar-refractivity contribution in [1.82, 2.24) is 14.9 Å². The number of thiazole rings is 1. The summed E-state index contributed by atoms with van der Waals surface area (Å²) in [6, 6.07) is 6.93. The quantitative estimate of drug-likeness (QED) is 0.463. The maximum atomic E-state index is 12.9. The molecule has 3 aromatic rings. The molecule has 1 aromatic carbocycles. The van der Waals surface area contributed by atoms with Crippen LogP contribution in [0.5, 0.6) is 5.75 Å². The Balaban J connectivity index is 1.62. The van der Waals surface area contributed by atoms with Gasteiger partial charge in [0.2, 0.25) is 0 Å². The first-order valence-corrected chi connectivity index (χ1v) is 9.93. The molecule has 1 amide bonds. The van der Waals surface area contributed by atoms with Crippen molar-refractivity contribution in [1.29, 1.82) is 0 Å². The molecule has 3 heterocycles. The summed E-state index contributed by atoms with van der Waals surface area (Å²) in [6.45, 7) is 0.209. The predicted octanol–water partition coefficient (Wildman–Crippen LogP) is 4.36. The van der Waals surface area contributed by atoms with E-state index < -0.39 is 30.0 Å². The number of carboxylic acids is 1. The van der Waals surface area contributed by atoms with Crippen LogP contribution < -0.4 is 4.89 Å². The van der Waals surface area contributed by atoms with Crippen LogP contribution in [-0.2, 0) is 15.9 Å². The number of amides is 1. The Kier molecular flexibility index (Phi) is 5.39. The van der Waals surface area contributed by atoms with Crippen LogP contribution >= 0.6 is 11.3 Å². The summed E-state index contributed by atoms with van der Waals surface area (Å²) in [4.78, 5) is 42.5. The van der Waals surface area contributed by atoms with Gasteiger partial charge in [0, 0.05) is 23.4 Å². The van der Waals surface area contributed by atoms with Crippen LogP contribution in [0.2, 0.25) is 0 Å². The van der Waals surface area contributed by atoms with E-state index in [4.69, 9.17) is 9.78 Å². The van der Waals surface area contributed by atoms with E-state index in [-0.39, 0.29) is 23.0 Å². The second-order valence-electron chi connectivity index (χ2n) is 6.68. The molecule has 12 heteroatoms. The monoisotopic (exact) mass is 453 g/mol. The number of nitrogens with zero attached hydrogens (tertiary/aromatic N) is 3. The highest BCUT2D eigenvalue weighted by Gasteiger charge is 2.36. The standard InChI is InChI=1S/C19H14F3N3O5S/c20-19(21,22)15-9-31-16(24-15)12-8-14(10-4-1-2-5-11(10)23-12)29-30-18(28)25-7-3-6-13(25)17(26)27/h1-2,4-5,8-9,13H,3,6-7H2,(H,26,27). The number of rotatable bonds is 4. The maximum absolute atomic E-state index is 12.9. The van der Waals surface area contributed by atoms with Gasteiger partial charge in [0.25, 0.3) is 0 Å². The summed E-state index contributed by atoms with van der Waals surface area (Å²) >= 11 is 0.765. The number of carboxylic acid groups (broad SMARTS) is 1. The van der Waals surface area contributed by atoms with Crippen LogP contribution in [0.3, 0.4) is 0 Å². The van der Waals surface area contributed by atoms with Crippen molar-refractivity contribution in [3.05, 3.63) is 41.4 Å². The molecule has 1 aliphatic rings. The van der Waals surface area contributed by atoms with Gasteiger partial charge in [-0.15, -0.1) is 11.3 Å². The Morgan fingerprint density at radius 2 is 2.00 bits per heavy atom. The lowest BCUT2D eigenvalue weighted by atomic mass is 10.2. The van der Waals surface area contributed by atoms with E-state index in [2.05, 4.69) is 9.97 Å². The van der Waals surface area contributed by atoms with Crippen LogP contribution in [0.1, 0.15) is 18.5 Å². The molecule has 1 N–H and O–H groups in total. The third-order valence-electron chi connectivity index (χ3n) is 4.67. The van der Waals surface area contributed by atoms with Gasteiger partial charge in [-0.3, -0.25) is 9.79 Å². The van der Waals surface area contributed by atoms with Gasteiger partial charge >= 0.3 is 18.2 Å². The first-order valence-electron chi connectivity index (χ1n) is 9.05. The van der Waals surface area contributed by atoms with E-state index in [1.807, 2.05) is 0 Å². The molecular weight excluding hydrogens is 439 g/mol. The van der Waals surface area contributed by atoms with Gasteiger partial charge in [-0.25, -0.2) is 24.4 Å². The number of aromatic nitrogens is 2. The molecule has 162 valence electrons. The second-order valence-corrected chi connectivity index (χ2v) is 7.54. The molecule has 31 heavy (non-hydrogen) atoms. The smallest absolute Gasteiger partial charge is 0.453 e. The third kappa shape index (κ3) is 4.24. The zero-order valence-electron chi connectivity index (χ0n) is 15.6. The number of alkyl halides is 3. The number of aliphatic carboxylic acids is 1. The predicted molar refractivity (Wildman–Crippen MR) is 102 cm³/mol. The highest BCUT2D eigenvalue weighted by Crippen LogP contribution is 2.35. The lowest BCUT2D eigenvalue weighted by molar-refractivity contribution is -0.159. The number of para-hydroxylation sites is 1. The molecular formula is C19H14F3N3O5S. The fourth-order valence-electron chi connectivity index (χ4n) is 3.21. The molecule has 2 aromatic heterocycles. The summed E-state index contributed by atoms with van der Waals surface area (Å²) in [5.74, 6) is -1.11. The third-order valence-corrected chi connectivity index (χ3v) is 5.53. The number of benzene rings is 1. The molecule has 0 radical (unpaired) electrons. The van der Waals surface area contributed by atoms with Crippen LogP contribution in [0.15, 0.2) is 35.7 Å². The average Bonchev–Trinajstić information content (AvgIpc) is 3.41. The fourth-order valence-corrected chi connectivity index (χ4v) is 4.00. The maximum Gasteiger partial charge on any atom is 0.453 e. The first kappa shape index (κ1) is 20.8. The van der Waals surface area contributed by atoms with Gasteiger partial charge in [0.15, 0.2) is 11.4 Å². The van der Waals surface area contributed by atoms with E-state index in [0.717, 1.165) is 21.6 Å². The van der Waals surface area contributed by atoms with Crippen molar-refractivity contribution < 1.29 is 37.6 Å². The number of pyridine rings is 1. The number of hydrogen-bond acceptors (Lipinski definition) is 7. The van der Waals surface area contributed by atoms with E-state index in [1.54, 1.807) is 24.3 Å². The fraction of sp³-hybridized carbons (Fsp3) is 0.263. The highest BCUT2D eigenvalue weighted by molar-refractivity contribution is 7.13. The second kappa shape index (κ2) is 8.02. The Hall–Kier alpha value is -3.41. The molecule has 1 atom stereocenters. The molecule has 1 unspecified atom stereocenters. The van der Waals surface area contributed by atoms with Crippen molar-refractivity contribution in [3.8, 4) is 16.5 Å². The van der Waals surface area contributed by atoms with E-state index in [0.29, 0.717) is 23.7 Å². The molecule has 0 bridgehead atoms. The minimum Gasteiger partial charge on any atom is -0.480 e. The normalized spacial score (nSPS) is 16.5. The summed E-state index contributed by atoms with van der Waals surface area (Å²) in [7, 11) is 0. The summed E-state index contributed by atoms with van der Waals surface area (Å²) in [5, 5.41) is 10.5. The molecule has 0 aliphatic carbocycles. The SMILES string of the molecule is O=C(O)C1CCCN1C(=O)OOc1cc(-c2nc(C(F)(F)F)cs2)nc2ccccc12. The Bertz CT molecular complexity index is 1150. The van der Waals surface area contributed by atoms with Gasteiger partial charge in [0.1, 0.15) is 16.7 Å². The van der Waals surface area contributed by atoms with Crippen LogP contribution in [-0.4, -0.2) is 44.6 Å². The number of fused-ring (bicyclic) bond motifs is 1. The minimum absolute atomic E-state index is 0.0136. The van der Waals surface area contributed by atoms with Crippen molar-refractivity contribution in [3.63, 3.8) is 0 Å². The average molecular weight is 453 g/mol. The van der Waals surface area contributed by atoms with Gasteiger partial charge in [-0.05, 0) is 25.0 Å². The Morgan fingerprint density at radius 3 is 2.71 bits per heavy atom. The number of hydrogen-bond donors (Lipinski definition) is 1. The van der Waals surface area contributed by atoms with Crippen LogP contribution in [0, 0.1) is 0 Å². The molecule has 1 aliphatic heterocycles. The number of likely N-dealkylation sites (tertiary alicyclic amines) is 1. The van der Waals surface area contributed by atoms with Crippen molar-refractivity contribution >= 4 is 34.3 Å².